The van der Waals surface area contributed by atoms with E-state index in [2.05, 4.69) is 0 Å². The number of hydroxylamine groups is 2. The first kappa shape index (κ1) is 33.0. The van der Waals surface area contributed by atoms with Gasteiger partial charge >= 0.3 is 5.97 Å². The number of carbonyl (C=O) groups is 1. The van der Waals surface area contributed by atoms with Gasteiger partial charge in [0.1, 0.15) is 6.04 Å². The smallest absolute Gasteiger partial charge is 0.359 e. The van der Waals surface area contributed by atoms with Gasteiger partial charge in [-0.2, -0.15) is 0 Å². The van der Waals surface area contributed by atoms with Gasteiger partial charge in [0.05, 0.1) is 53.3 Å². The van der Waals surface area contributed by atoms with E-state index in [1.54, 1.807) is 40.6 Å². The first-order valence-electron chi connectivity index (χ1n) is 15.2. The van der Waals surface area contributed by atoms with Crippen molar-refractivity contribution in [1.29, 1.82) is 0 Å². The molecule has 3 aromatic carbocycles. The second-order valence-corrected chi connectivity index (χ2v) is 10.9. The van der Waals surface area contributed by atoms with Crippen molar-refractivity contribution in [2.75, 3.05) is 48.4 Å². The Hall–Kier alpha value is -4.39. The van der Waals surface area contributed by atoms with E-state index < -0.39 is 12.0 Å². The fourth-order valence-corrected chi connectivity index (χ4v) is 5.74. The van der Waals surface area contributed by atoms with Crippen molar-refractivity contribution in [2.45, 2.75) is 51.2 Å². The summed E-state index contributed by atoms with van der Waals surface area (Å²) in [6.07, 6.45) is 1.57. The van der Waals surface area contributed by atoms with E-state index in [4.69, 9.17) is 42.7 Å². The third-order valence-corrected chi connectivity index (χ3v) is 8.10. The van der Waals surface area contributed by atoms with Crippen molar-refractivity contribution < 1.29 is 52.7 Å². The summed E-state index contributed by atoms with van der Waals surface area (Å²) in [5, 5.41) is 11.7. The van der Waals surface area contributed by atoms with Gasteiger partial charge < -0.3 is 42.7 Å². The van der Waals surface area contributed by atoms with Crippen LogP contribution in [0.4, 0.5) is 0 Å². The van der Waals surface area contributed by atoms with Gasteiger partial charge in [-0.15, -0.1) is 0 Å². The molecule has 1 saturated heterocycles. The molecule has 1 N–H and O–H groups in total. The number of methoxy groups -OCH3 is 4. The molecule has 5 rings (SSSR count). The standard InChI is InChI=1S/C34H41NO11/c1-7-11-42-32-24(25(8-2)35(37)46-34(36)20-9-10-26-28(13-20)45-19-44-26)12-21(14-29(32)38-3)23-17-27(43-18-23)22-15-30(39-4)33(41-6)31(16-22)40-5/h9-10,12-16,23,25,27,37H,7-8,11,17-19H2,1-6H3. The fraction of sp³-hybridized carbons (Fsp3) is 0.441. The molecule has 0 spiro atoms. The van der Waals surface area contributed by atoms with Crippen LogP contribution in [-0.2, 0) is 9.57 Å². The van der Waals surface area contributed by atoms with Crippen molar-refractivity contribution in [3.63, 3.8) is 0 Å². The van der Waals surface area contributed by atoms with Gasteiger partial charge in [-0.25, -0.2) is 4.79 Å². The zero-order valence-electron chi connectivity index (χ0n) is 27.0. The Morgan fingerprint density at radius 2 is 1.57 bits per heavy atom. The molecule has 0 amide bonds. The molecule has 12 nitrogen and oxygen atoms in total. The van der Waals surface area contributed by atoms with E-state index in [0.29, 0.717) is 77.1 Å². The molecule has 2 heterocycles. The third-order valence-electron chi connectivity index (χ3n) is 8.10. The van der Waals surface area contributed by atoms with Crippen LogP contribution in [0.3, 0.4) is 0 Å². The highest BCUT2D eigenvalue weighted by Gasteiger charge is 2.34. The minimum Gasteiger partial charge on any atom is -0.493 e. The Balaban J connectivity index is 1.43. The molecular formula is C34H41NO11. The number of ether oxygens (including phenoxy) is 8. The molecule has 3 unspecified atom stereocenters. The number of benzene rings is 3. The van der Waals surface area contributed by atoms with Crippen LogP contribution in [-0.4, -0.2) is 64.8 Å². The van der Waals surface area contributed by atoms with Crippen molar-refractivity contribution in [3.8, 4) is 40.2 Å². The Morgan fingerprint density at radius 3 is 2.22 bits per heavy atom. The van der Waals surface area contributed by atoms with Gasteiger partial charge in [0.25, 0.3) is 0 Å². The second-order valence-electron chi connectivity index (χ2n) is 10.9. The van der Waals surface area contributed by atoms with Crippen LogP contribution in [0, 0.1) is 0 Å². The fourth-order valence-electron chi connectivity index (χ4n) is 5.74. The number of hydrogen-bond acceptors (Lipinski definition) is 12. The van der Waals surface area contributed by atoms with Crippen molar-refractivity contribution in [1.82, 2.24) is 5.23 Å². The number of rotatable bonds is 14. The third kappa shape index (κ3) is 6.74. The zero-order valence-corrected chi connectivity index (χ0v) is 27.0. The van der Waals surface area contributed by atoms with Gasteiger partial charge in [-0.3, -0.25) is 5.21 Å². The lowest BCUT2D eigenvalue weighted by Gasteiger charge is -2.27. The summed E-state index contributed by atoms with van der Waals surface area (Å²) in [6, 6.07) is 11.6. The molecule has 0 radical (unpaired) electrons. The predicted octanol–water partition coefficient (Wildman–Crippen LogP) is 6.40. The molecule has 248 valence electrons. The molecule has 0 aromatic heterocycles. The molecule has 0 aliphatic carbocycles. The van der Waals surface area contributed by atoms with Crippen LogP contribution >= 0.6 is 0 Å². The van der Waals surface area contributed by atoms with Gasteiger partial charge in [0, 0.05) is 11.5 Å². The lowest BCUT2D eigenvalue weighted by atomic mass is 9.90. The Labute approximate surface area is 268 Å². The highest BCUT2D eigenvalue weighted by molar-refractivity contribution is 5.90. The van der Waals surface area contributed by atoms with Crippen LogP contribution in [0.2, 0.25) is 0 Å². The lowest BCUT2D eigenvalue weighted by molar-refractivity contribution is -0.329. The molecular weight excluding hydrogens is 598 g/mol. The van der Waals surface area contributed by atoms with Gasteiger partial charge in [0.15, 0.2) is 34.5 Å². The number of hydrogen-bond donors (Lipinski definition) is 1. The van der Waals surface area contributed by atoms with Crippen molar-refractivity contribution in [2.24, 2.45) is 0 Å². The molecule has 46 heavy (non-hydrogen) atoms. The molecule has 3 atom stereocenters. The zero-order chi connectivity index (χ0) is 32.8. The van der Waals surface area contributed by atoms with E-state index in [9.17, 15) is 10.0 Å². The summed E-state index contributed by atoms with van der Waals surface area (Å²) in [5.41, 5.74) is 2.64. The summed E-state index contributed by atoms with van der Waals surface area (Å²) in [5.74, 6) is 2.79. The molecule has 1 fully saturated rings. The quantitative estimate of drug-likeness (QED) is 0.196. The maximum atomic E-state index is 13.0. The predicted molar refractivity (Wildman–Crippen MR) is 166 cm³/mol. The summed E-state index contributed by atoms with van der Waals surface area (Å²) >= 11 is 0. The molecule has 3 aromatic rings. The molecule has 2 aliphatic heterocycles. The highest BCUT2D eigenvalue weighted by Crippen LogP contribution is 2.47. The number of carbonyl (C=O) groups excluding carboxylic acids is 1. The lowest BCUT2D eigenvalue weighted by Crippen LogP contribution is -2.29. The molecule has 12 heteroatoms. The Bertz CT molecular complexity index is 1500. The van der Waals surface area contributed by atoms with E-state index >= 15 is 0 Å². The van der Waals surface area contributed by atoms with E-state index in [1.807, 2.05) is 38.1 Å². The van der Waals surface area contributed by atoms with Crippen LogP contribution in [0.5, 0.6) is 40.2 Å². The van der Waals surface area contributed by atoms with Crippen LogP contribution < -0.4 is 33.2 Å². The average Bonchev–Trinajstić information content (AvgIpc) is 3.77. The van der Waals surface area contributed by atoms with Crippen molar-refractivity contribution in [3.05, 3.63) is 64.7 Å². The normalized spacial score (nSPS) is 17.5. The number of nitrogens with zero attached hydrogens (tertiary/aromatic N) is 1. The highest BCUT2D eigenvalue weighted by atomic mass is 16.9. The average molecular weight is 640 g/mol. The summed E-state index contributed by atoms with van der Waals surface area (Å²) < 4.78 is 45.5. The van der Waals surface area contributed by atoms with E-state index in [-0.39, 0.29) is 24.4 Å². The van der Waals surface area contributed by atoms with Crippen LogP contribution in [0.25, 0.3) is 0 Å². The van der Waals surface area contributed by atoms with Crippen LogP contribution in [0.15, 0.2) is 42.5 Å². The summed E-state index contributed by atoms with van der Waals surface area (Å²) in [4.78, 5) is 18.5. The minimum atomic E-state index is -0.771. The minimum absolute atomic E-state index is 0.0159. The second kappa shape index (κ2) is 14.8. The maximum Gasteiger partial charge on any atom is 0.359 e. The monoisotopic (exact) mass is 639 g/mol. The Kier molecular flexibility index (Phi) is 10.6. The van der Waals surface area contributed by atoms with E-state index in [0.717, 1.165) is 17.5 Å². The van der Waals surface area contributed by atoms with Gasteiger partial charge in [0.2, 0.25) is 12.5 Å². The summed E-state index contributed by atoms with van der Waals surface area (Å²) in [6.45, 7) is 4.83. The SMILES string of the molecule is CCCOc1c(OC)cc(C2COC(c3cc(OC)c(OC)c(OC)c3)C2)cc1C(CC)N(O)OC(=O)c1ccc2c(c1)OCO2. The molecule has 2 aliphatic rings. The largest absolute Gasteiger partial charge is 0.493 e. The van der Waals surface area contributed by atoms with Gasteiger partial charge in [-0.1, -0.05) is 13.8 Å². The first-order valence-corrected chi connectivity index (χ1v) is 15.2. The maximum absolute atomic E-state index is 13.0. The first-order chi connectivity index (χ1) is 22.3. The molecule has 0 saturated carbocycles. The van der Waals surface area contributed by atoms with E-state index in [1.165, 1.54) is 6.07 Å². The van der Waals surface area contributed by atoms with Crippen molar-refractivity contribution >= 4 is 5.97 Å². The summed E-state index contributed by atoms with van der Waals surface area (Å²) in [7, 11) is 6.30. The van der Waals surface area contributed by atoms with Gasteiger partial charge in [-0.05, 0) is 78.1 Å². The molecule has 0 bridgehead atoms. The topological polar surface area (TPSA) is 124 Å². The number of fused-ring (bicyclic) bond motifs is 1. The Morgan fingerprint density at radius 1 is 0.891 bits per heavy atom. The van der Waals surface area contributed by atoms with Crippen LogP contribution in [0.1, 0.15) is 78.2 Å².